The first-order valence-electron chi connectivity index (χ1n) is 9.61. The zero-order chi connectivity index (χ0) is 19.3. The molecule has 4 aromatic rings. The zero-order valence-corrected chi connectivity index (χ0v) is 16.8. The van der Waals surface area contributed by atoms with Crippen LogP contribution in [0.5, 0.6) is 0 Å². The van der Waals surface area contributed by atoms with Crippen LogP contribution in [0, 0.1) is 0 Å². The molecule has 142 valence electrons. The smallest absolute Gasteiger partial charge is 0.227 e. The number of thiophene rings is 1. The van der Waals surface area contributed by atoms with Gasteiger partial charge < -0.3 is 9.88 Å². The fourth-order valence-electron chi connectivity index (χ4n) is 3.64. The summed E-state index contributed by atoms with van der Waals surface area (Å²) in [5.74, 6) is 0.165. The summed E-state index contributed by atoms with van der Waals surface area (Å²) in [5, 5.41) is 3.22. The summed E-state index contributed by atoms with van der Waals surface area (Å²) in [7, 11) is 0. The van der Waals surface area contributed by atoms with E-state index in [0.717, 1.165) is 28.5 Å². The normalized spacial score (nSPS) is 12.2. The first-order valence-corrected chi connectivity index (χ1v) is 10.5. The molecule has 2 aromatic carbocycles. The number of aromatic nitrogens is 1. The lowest BCUT2D eigenvalue weighted by Gasteiger charge is -2.29. The van der Waals surface area contributed by atoms with Crippen molar-refractivity contribution in [3.63, 3.8) is 0 Å². The van der Waals surface area contributed by atoms with Crippen LogP contribution in [0.15, 0.2) is 78.3 Å². The molecule has 0 saturated heterocycles. The molecule has 1 amide bonds. The predicted molar refractivity (Wildman–Crippen MR) is 116 cm³/mol. The number of benzene rings is 2. The van der Waals surface area contributed by atoms with Crippen molar-refractivity contribution in [2.45, 2.75) is 32.4 Å². The van der Waals surface area contributed by atoms with Gasteiger partial charge in [0.25, 0.3) is 0 Å². The Morgan fingerprint density at radius 2 is 1.82 bits per heavy atom. The van der Waals surface area contributed by atoms with E-state index < -0.39 is 0 Å². The predicted octanol–water partition coefficient (Wildman–Crippen LogP) is 5.43. The highest BCUT2D eigenvalue weighted by Crippen LogP contribution is 2.21. The highest BCUT2D eigenvalue weighted by molar-refractivity contribution is 7.09. The van der Waals surface area contributed by atoms with Crippen LogP contribution in [-0.2, 0) is 24.2 Å². The molecule has 0 aliphatic heterocycles. The summed E-state index contributed by atoms with van der Waals surface area (Å²) in [5.41, 5.74) is 3.29. The topological polar surface area (TPSA) is 36.1 Å². The number of H-pyrrole nitrogens is 1. The maximum atomic E-state index is 13.3. The Hall–Kier alpha value is -2.85. The highest BCUT2D eigenvalue weighted by atomic mass is 32.1. The van der Waals surface area contributed by atoms with E-state index >= 15 is 0 Å². The highest BCUT2D eigenvalue weighted by Gasteiger charge is 2.22. The number of aromatic amines is 1. The van der Waals surface area contributed by atoms with Crippen LogP contribution in [0.4, 0.5) is 0 Å². The van der Waals surface area contributed by atoms with Crippen molar-refractivity contribution in [3.8, 4) is 0 Å². The molecule has 2 aromatic heterocycles. The van der Waals surface area contributed by atoms with Crippen LogP contribution < -0.4 is 0 Å². The summed E-state index contributed by atoms with van der Waals surface area (Å²) in [6, 6.07) is 22.7. The number of amides is 1. The molecule has 0 saturated carbocycles. The number of para-hydroxylation sites is 1. The van der Waals surface area contributed by atoms with E-state index in [4.69, 9.17) is 0 Å². The SMILES string of the molecule is C[C@H](Cc1cccs1)N(Cc1ccccc1)C(=O)Cc1c[nH]c2ccccc12. The van der Waals surface area contributed by atoms with Gasteiger partial charge in [-0.3, -0.25) is 4.79 Å². The number of fused-ring (bicyclic) bond motifs is 1. The van der Waals surface area contributed by atoms with Crippen LogP contribution in [0.25, 0.3) is 10.9 Å². The summed E-state index contributed by atoms with van der Waals surface area (Å²) in [6.45, 7) is 2.78. The molecule has 0 unspecified atom stereocenters. The molecular formula is C24H24N2OS. The third-order valence-electron chi connectivity index (χ3n) is 5.14. The van der Waals surface area contributed by atoms with E-state index in [9.17, 15) is 4.79 Å². The minimum Gasteiger partial charge on any atom is -0.361 e. The first-order chi connectivity index (χ1) is 13.7. The van der Waals surface area contributed by atoms with Crippen molar-refractivity contribution in [1.82, 2.24) is 9.88 Å². The number of hydrogen-bond donors (Lipinski definition) is 1. The fourth-order valence-corrected chi connectivity index (χ4v) is 4.47. The number of nitrogens with zero attached hydrogens (tertiary/aromatic N) is 1. The van der Waals surface area contributed by atoms with Crippen LogP contribution in [0.2, 0.25) is 0 Å². The number of hydrogen-bond acceptors (Lipinski definition) is 2. The number of rotatable bonds is 7. The fraction of sp³-hybridized carbons (Fsp3) is 0.208. The molecule has 0 aliphatic carbocycles. The van der Waals surface area contributed by atoms with Crippen molar-refractivity contribution in [2.24, 2.45) is 0 Å². The van der Waals surface area contributed by atoms with Crippen molar-refractivity contribution >= 4 is 28.1 Å². The second-order valence-electron chi connectivity index (χ2n) is 7.18. The van der Waals surface area contributed by atoms with Crippen molar-refractivity contribution in [2.75, 3.05) is 0 Å². The zero-order valence-electron chi connectivity index (χ0n) is 16.0. The van der Waals surface area contributed by atoms with Gasteiger partial charge in [-0.2, -0.15) is 0 Å². The van der Waals surface area contributed by atoms with Crippen LogP contribution in [0.1, 0.15) is 22.9 Å². The molecule has 4 heteroatoms. The van der Waals surface area contributed by atoms with Gasteiger partial charge in [-0.1, -0.05) is 54.6 Å². The van der Waals surface area contributed by atoms with Crippen LogP contribution >= 0.6 is 11.3 Å². The Kier molecular flexibility index (Phi) is 5.58. The van der Waals surface area contributed by atoms with Crippen LogP contribution in [-0.4, -0.2) is 21.8 Å². The minimum absolute atomic E-state index is 0.136. The second-order valence-corrected chi connectivity index (χ2v) is 8.21. The van der Waals surface area contributed by atoms with Crippen LogP contribution in [0.3, 0.4) is 0 Å². The Bertz CT molecular complexity index is 1040. The summed E-state index contributed by atoms with van der Waals surface area (Å²) < 4.78 is 0. The van der Waals surface area contributed by atoms with Gasteiger partial charge >= 0.3 is 0 Å². The maximum absolute atomic E-state index is 13.3. The van der Waals surface area contributed by atoms with Crippen molar-refractivity contribution < 1.29 is 4.79 Å². The third-order valence-corrected chi connectivity index (χ3v) is 6.04. The number of nitrogens with one attached hydrogen (secondary N) is 1. The average molecular weight is 389 g/mol. The lowest BCUT2D eigenvalue weighted by Crippen LogP contribution is -2.40. The first kappa shape index (κ1) is 18.5. The molecule has 2 heterocycles. The molecule has 0 radical (unpaired) electrons. The molecule has 3 nitrogen and oxygen atoms in total. The van der Waals surface area contributed by atoms with E-state index in [-0.39, 0.29) is 11.9 Å². The molecular weight excluding hydrogens is 364 g/mol. The molecule has 1 N–H and O–H groups in total. The van der Waals surface area contributed by atoms with E-state index in [2.05, 4.69) is 47.6 Å². The molecule has 4 rings (SSSR count). The molecule has 1 atom stereocenters. The lowest BCUT2D eigenvalue weighted by molar-refractivity contribution is -0.133. The van der Waals surface area contributed by atoms with E-state index in [1.807, 2.05) is 47.5 Å². The van der Waals surface area contributed by atoms with Gasteiger partial charge in [-0.25, -0.2) is 0 Å². The second kappa shape index (κ2) is 8.44. The van der Waals surface area contributed by atoms with Gasteiger partial charge in [-0.15, -0.1) is 11.3 Å². The Morgan fingerprint density at radius 1 is 1.04 bits per heavy atom. The Labute approximate surface area is 169 Å². The average Bonchev–Trinajstić information content (AvgIpc) is 3.37. The quantitative estimate of drug-likeness (QED) is 0.450. The summed E-state index contributed by atoms with van der Waals surface area (Å²) >= 11 is 1.75. The van der Waals surface area contributed by atoms with Gasteiger partial charge in [0, 0.05) is 41.0 Å². The van der Waals surface area contributed by atoms with Gasteiger partial charge in [0.05, 0.1) is 6.42 Å². The molecule has 0 aliphatic rings. The van der Waals surface area contributed by atoms with Gasteiger partial charge in [0.15, 0.2) is 0 Å². The Morgan fingerprint density at radius 3 is 2.61 bits per heavy atom. The summed E-state index contributed by atoms with van der Waals surface area (Å²) in [6.07, 6.45) is 3.25. The largest absolute Gasteiger partial charge is 0.361 e. The van der Waals surface area contributed by atoms with Gasteiger partial charge in [0.2, 0.25) is 5.91 Å². The standard InChI is InChI=1S/C24H24N2OS/c1-18(14-21-10-7-13-28-21)26(17-19-8-3-2-4-9-19)24(27)15-20-16-25-23-12-6-5-11-22(20)23/h2-13,16,18,25H,14-15,17H2,1H3/t18-/m1/s1. The van der Waals surface area contributed by atoms with E-state index in [1.54, 1.807) is 11.3 Å². The molecule has 0 bridgehead atoms. The summed E-state index contributed by atoms with van der Waals surface area (Å²) in [4.78, 5) is 20.0. The van der Waals surface area contributed by atoms with Gasteiger partial charge in [0.1, 0.15) is 0 Å². The third kappa shape index (κ3) is 4.18. The monoisotopic (exact) mass is 388 g/mol. The minimum atomic E-state index is 0.136. The Balaban J connectivity index is 1.57. The van der Waals surface area contributed by atoms with E-state index in [0.29, 0.717) is 13.0 Å². The number of carbonyl (C=O) groups is 1. The van der Waals surface area contributed by atoms with Crippen molar-refractivity contribution in [3.05, 3.63) is 94.3 Å². The number of carbonyl (C=O) groups excluding carboxylic acids is 1. The molecule has 0 spiro atoms. The lowest BCUT2D eigenvalue weighted by atomic mass is 10.1. The maximum Gasteiger partial charge on any atom is 0.227 e. The van der Waals surface area contributed by atoms with Gasteiger partial charge in [-0.05, 0) is 35.6 Å². The van der Waals surface area contributed by atoms with Crippen molar-refractivity contribution in [1.29, 1.82) is 0 Å². The molecule has 28 heavy (non-hydrogen) atoms. The van der Waals surface area contributed by atoms with E-state index in [1.165, 1.54) is 4.88 Å². The molecule has 0 fully saturated rings.